The van der Waals surface area contributed by atoms with Crippen LogP contribution in [0.3, 0.4) is 0 Å². The molecule has 0 radical (unpaired) electrons. The lowest BCUT2D eigenvalue weighted by Crippen LogP contribution is -2.34. The minimum absolute atomic E-state index is 0.0742. The molecule has 2 aliphatic rings. The van der Waals surface area contributed by atoms with Crippen LogP contribution >= 0.6 is 0 Å². The van der Waals surface area contributed by atoms with Crippen molar-refractivity contribution in [3.8, 4) is 0 Å². The number of hydrogen-bond acceptors (Lipinski definition) is 7. The van der Waals surface area contributed by atoms with Crippen molar-refractivity contribution >= 4 is 0 Å². The van der Waals surface area contributed by atoms with E-state index in [2.05, 4.69) is 0 Å². The van der Waals surface area contributed by atoms with Crippen molar-refractivity contribution in [3.63, 3.8) is 0 Å². The molecule has 4 atom stereocenters. The van der Waals surface area contributed by atoms with Crippen molar-refractivity contribution in [3.05, 3.63) is 0 Å². The molecule has 0 amide bonds. The SMILES string of the molecule is COCO[C@@H]1COC2C1OC[C@@H]2OCOCCCCCCCCCCCCO. The third kappa shape index (κ3) is 9.03. The van der Waals surface area contributed by atoms with Gasteiger partial charge >= 0.3 is 0 Å². The minimum Gasteiger partial charge on any atom is -0.396 e. The van der Waals surface area contributed by atoms with Gasteiger partial charge in [0.05, 0.1) is 13.2 Å². The highest BCUT2D eigenvalue weighted by Crippen LogP contribution is 2.30. The molecule has 0 aliphatic carbocycles. The van der Waals surface area contributed by atoms with Gasteiger partial charge in [-0.25, -0.2) is 0 Å². The average molecular weight is 405 g/mol. The van der Waals surface area contributed by atoms with Crippen LogP contribution in [0.2, 0.25) is 0 Å². The number of methoxy groups -OCH3 is 1. The summed E-state index contributed by atoms with van der Waals surface area (Å²) < 4.78 is 33.5. The number of aliphatic hydroxyl groups is 1. The Balaban J connectivity index is 1.36. The van der Waals surface area contributed by atoms with E-state index in [0.717, 1.165) is 19.4 Å². The second-order valence-corrected chi connectivity index (χ2v) is 7.70. The van der Waals surface area contributed by atoms with E-state index in [4.69, 9.17) is 33.5 Å². The van der Waals surface area contributed by atoms with Crippen molar-refractivity contribution in [2.75, 3.05) is 47.1 Å². The Bertz CT molecular complexity index is 369. The van der Waals surface area contributed by atoms with Crippen LogP contribution in [0.15, 0.2) is 0 Å². The standard InChI is InChI=1S/C21H40O7/c1-23-16-27-18-14-25-21-19(15-26-20(18)21)28-17-24-13-11-9-7-5-3-2-4-6-8-10-12-22/h18-22H,2-17H2,1H3/t18-,19+,20?,21?/m1/s1. The van der Waals surface area contributed by atoms with E-state index in [1.165, 1.54) is 51.4 Å². The highest BCUT2D eigenvalue weighted by atomic mass is 16.7. The van der Waals surface area contributed by atoms with E-state index in [-0.39, 0.29) is 38.0 Å². The summed E-state index contributed by atoms with van der Waals surface area (Å²) in [5.41, 5.74) is 0. The van der Waals surface area contributed by atoms with Crippen molar-refractivity contribution in [2.45, 2.75) is 88.6 Å². The molecule has 2 unspecified atom stereocenters. The molecule has 2 rings (SSSR count). The third-order valence-electron chi connectivity index (χ3n) is 5.42. The Kier molecular flexibility index (Phi) is 13.3. The predicted octanol–water partition coefficient (Wildman–Crippen LogP) is 3.03. The molecule has 0 aromatic heterocycles. The van der Waals surface area contributed by atoms with Gasteiger partial charge in [0.1, 0.15) is 38.0 Å². The fraction of sp³-hybridized carbons (Fsp3) is 1.00. The second-order valence-electron chi connectivity index (χ2n) is 7.70. The quantitative estimate of drug-likeness (QED) is 0.278. The van der Waals surface area contributed by atoms with E-state index in [1.807, 2.05) is 0 Å². The molecular formula is C21H40O7. The molecule has 0 spiro atoms. The molecule has 0 aromatic rings. The van der Waals surface area contributed by atoms with E-state index < -0.39 is 0 Å². The van der Waals surface area contributed by atoms with Gasteiger partial charge in [-0.15, -0.1) is 0 Å². The van der Waals surface area contributed by atoms with E-state index in [0.29, 0.717) is 19.8 Å². The lowest BCUT2D eigenvalue weighted by molar-refractivity contribution is -0.125. The number of unbranched alkanes of at least 4 members (excludes halogenated alkanes) is 9. The smallest absolute Gasteiger partial charge is 0.147 e. The first-order valence-corrected chi connectivity index (χ1v) is 11.0. The third-order valence-corrected chi connectivity index (χ3v) is 5.42. The molecule has 1 N–H and O–H groups in total. The van der Waals surface area contributed by atoms with Crippen LogP contribution < -0.4 is 0 Å². The molecule has 0 saturated carbocycles. The second kappa shape index (κ2) is 15.5. The highest BCUT2D eigenvalue weighted by molar-refractivity contribution is 4.95. The summed E-state index contributed by atoms with van der Waals surface area (Å²) >= 11 is 0. The van der Waals surface area contributed by atoms with Gasteiger partial charge in [0, 0.05) is 20.3 Å². The summed E-state index contributed by atoms with van der Waals surface area (Å²) in [6.45, 7) is 2.65. The van der Waals surface area contributed by atoms with Gasteiger partial charge in [-0.3, -0.25) is 0 Å². The summed E-state index contributed by atoms with van der Waals surface area (Å²) in [4.78, 5) is 0. The zero-order valence-electron chi connectivity index (χ0n) is 17.5. The Morgan fingerprint density at radius 3 is 1.75 bits per heavy atom. The molecule has 2 heterocycles. The van der Waals surface area contributed by atoms with Gasteiger partial charge in [0.25, 0.3) is 0 Å². The lowest BCUT2D eigenvalue weighted by atomic mass is 10.1. The molecule has 28 heavy (non-hydrogen) atoms. The molecule has 2 fully saturated rings. The number of hydrogen-bond donors (Lipinski definition) is 1. The number of rotatable bonds is 18. The van der Waals surface area contributed by atoms with Crippen LogP contribution in [0.1, 0.15) is 64.2 Å². The molecule has 2 aliphatic heterocycles. The number of aliphatic hydroxyl groups excluding tert-OH is 1. The van der Waals surface area contributed by atoms with Crippen LogP contribution in [0.25, 0.3) is 0 Å². The Hall–Kier alpha value is -0.280. The van der Waals surface area contributed by atoms with Gasteiger partial charge in [0.2, 0.25) is 0 Å². The van der Waals surface area contributed by atoms with Crippen molar-refractivity contribution in [1.82, 2.24) is 0 Å². The number of ether oxygens (including phenoxy) is 6. The maximum Gasteiger partial charge on any atom is 0.147 e. The van der Waals surface area contributed by atoms with Gasteiger partial charge in [-0.05, 0) is 12.8 Å². The summed E-state index contributed by atoms with van der Waals surface area (Å²) in [5, 5.41) is 8.73. The van der Waals surface area contributed by atoms with Gasteiger partial charge in [0.15, 0.2) is 0 Å². The van der Waals surface area contributed by atoms with Crippen LogP contribution in [0, 0.1) is 0 Å². The summed E-state index contributed by atoms with van der Waals surface area (Å²) in [5.74, 6) is 0. The Labute approximate surface area is 170 Å². The van der Waals surface area contributed by atoms with Gasteiger partial charge in [-0.1, -0.05) is 51.4 Å². The minimum atomic E-state index is -0.0847. The van der Waals surface area contributed by atoms with Crippen LogP contribution in [-0.4, -0.2) is 76.6 Å². The molecule has 7 heteroatoms. The summed E-state index contributed by atoms with van der Waals surface area (Å²) in [6.07, 6.45) is 11.9. The normalized spacial score (nSPS) is 26.8. The van der Waals surface area contributed by atoms with E-state index >= 15 is 0 Å². The zero-order chi connectivity index (χ0) is 19.9. The monoisotopic (exact) mass is 404 g/mol. The average Bonchev–Trinajstić information content (AvgIpc) is 3.29. The van der Waals surface area contributed by atoms with Crippen LogP contribution in [-0.2, 0) is 28.4 Å². The maximum atomic E-state index is 8.73. The Morgan fingerprint density at radius 1 is 0.714 bits per heavy atom. The van der Waals surface area contributed by atoms with Crippen LogP contribution in [0.4, 0.5) is 0 Å². The topological polar surface area (TPSA) is 75.6 Å². The Morgan fingerprint density at radius 2 is 1.21 bits per heavy atom. The molecule has 2 saturated heterocycles. The van der Waals surface area contributed by atoms with Crippen molar-refractivity contribution in [2.24, 2.45) is 0 Å². The largest absolute Gasteiger partial charge is 0.396 e. The van der Waals surface area contributed by atoms with Gasteiger partial charge < -0.3 is 33.5 Å². The van der Waals surface area contributed by atoms with Crippen molar-refractivity contribution in [1.29, 1.82) is 0 Å². The first-order valence-electron chi connectivity index (χ1n) is 11.0. The summed E-state index contributed by atoms with van der Waals surface area (Å²) in [7, 11) is 1.61. The molecular weight excluding hydrogens is 364 g/mol. The van der Waals surface area contributed by atoms with Crippen LogP contribution in [0.5, 0.6) is 0 Å². The first-order chi connectivity index (χ1) is 13.9. The fourth-order valence-corrected chi connectivity index (χ4v) is 3.79. The zero-order valence-corrected chi connectivity index (χ0v) is 17.5. The number of fused-ring (bicyclic) bond motifs is 1. The first kappa shape index (κ1) is 24.0. The predicted molar refractivity (Wildman–Crippen MR) is 105 cm³/mol. The molecule has 0 aromatic carbocycles. The van der Waals surface area contributed by atoms with Crippen molar-refractivity contribution < 1.29 is 33.5 Å². The molecule has 166 valence electrons. The van der Waals surface area contributed by atoms with E-state index in [1.54, 1.807) is 7.11 Å². The summed E-state index contributed by atoms with van der Waals surface area (Å²) in [6, 6.07) is 0. The van der Waals surface area contributed by atoms with Gasteiger partial charge in [-0.2, -0.15) is 0 Å². The molecule has 7 nitrogen and oxygen atoms in total. The fourth-order valence-electron chi connectivity index (χ4n) is 3.79. The maximum absolute atomic E-state index is 8.73. The van der Waals surface area contributed by atoms with E-state index in [9.17, 15) is 0 Å². The lowest BCUT2D eigenvalue weighted by Gasteiger charge is -2.17. The highest BCUT2D eigenvalue weighted by Gasteiger charge is 2.48. The molecule has 0 bridgehead atoms.